The number of halogens is 1. The van der Waals surface area contributed by atoms with Crippen molar-refractivity contribution in [2.75, 3.05) is 16.2 Å². The van der Waals surface area contributed by atoms with Crippen molar-refractivity contribution in [3.63, 3.8) is 0 Å². The normalized spacial score (nSPS) is 13.6. The van der Waals surface area contributed by atoms with Crippen LogP contribution in [0, 0.1) is 12.7 Å². The number of fused-ring (bicyclic) bond motifs is 1. The second-order valence-electron chi connectivity index (χ2n) is 7.25. The van der Waals surface area contributed by atoms with Gasteiger partial charge in [0.1, 0.15) is 5.82 Å². The first-order valence-electron chi connectivity index (χ1n) is 9.64. The number of aryl methyl sites for hydroxylation is 2. The molecule has 30 heavy (non-hydrogen) atoms. The minimum atomic E-state index is -3.80. The summed E-state index contributed by atoms with van der Waals surface area (Å²) in [6.45, 7) is 2.22. The molecule has 7 heteroatoms. The Bertz CT molecular complexity index is 1210. The van der Waals surface area contributed by atoms with Gasteiger partial charge in [0.2, 0.25) is 0 Å². The van der Waals surface area contributed by atoms with Gasteiger partial charge in [-0.1, -0.05) is 18.2 Å². The van der Waals surface area contributed by atoms with Crippen LogP contribution in [0.2, 0.25) is 0 Å². The predicted octanol–water partition coefficient (Wildman–Crippen LogP) is 4.53. The van der Waals surface area contributed by atoms with Gasteiger partial charge in [-0.05, 0) is 79.4 Å². The lowest BCUT2D eigenvalue weighted by atomic mass is 10.0. The molecule has 1 N–H and O–H groups in total. The van der Waals surface area contributed by atoms with Crippen LogP contribution in [0.1, 0.15) is 27.9 Å². The van der Waals surface area contributed by atoms with Gasteiger partial charge in [-0.15, -0.1) is 0 Å². The maximum absolute atomic E-state index is 13.2. The SMILES string of the molecule is Cc1ccccc1C(=O)Nc1ccc2c(c1)CCCN2S(=O)(=O)c1ccc(F)cc1. The number of amides is 1. The molecule has 0 radical (unpaired) electrons. The van der Waals surface area contributed by atoms with Crippen LogP contribution in [0.15, 0.2) is 71.6 Å². The zero-order valence-corrected chi connectivity index (χ0v) is 17.2. The Morgan fingerprint density at radius 3 is 2.50 bits per heavy atom. The Hall–Kier alpha value is -3.19. The fourth-order valence-corrected chi connectivity index (χ4v) is 5.19. The highest BCUT2D eigenvalue weighted by Crippen LogP contribution is 2.34. The lowest BCUT2D eigenvalue weighted by Crippen LogP contribution is -2.35. The van der Waals surface area contributed by atoms with Crippen molar-refractivity contribution in [1.29, 1.82) is 0 Å². The number of hydrogen-bond donors (Lipinski definition) is 1. The number of nitrogens with one attached hydrogen (secondary N) is 1. The van der Waals surface area contributed by atoms with Crippen molar-refractivity contribution in [2.45, 2.75) is 24.7 Å². The van der Waals surface area contributed by atoms with E-state index in [0.29, 0.717) is 36.3 Å². The molecule has 0 bridgehead atoms. The van der Waals surface area contributed by atoms with E-state index in [1.165, 1.54) is 16.4 Å². The summed E-state index contributed by atoms with van der Waals surface area (Å²) in [5.41, 5.74) is 3.51. The molecule has 4 rings (SSSR count). The molecule has 3 aromatic carbocycles. The van der Waals surface area contributed by atoms with E-state index in [9.17, 15) is 17.6 Å². The summed E-state index contributed by atoms with van der Waals surface area (Å²) in [5, 5.41) is 2.89. The molecule has 0 saturated carbocycles. The summed E-state index contributed by atoms with van der Waals surface area (Å²) in [4.78, 5) is 12.6. The van der Waals surface area contributed by atoms with Crippen LogP contribution in [0.25, 0.3) is 0 Å². The molecule has 5 nitrogen and oxygen atoms in total. The van der Waals surface area contributed by atoms with Crippen LogP contribution in [-0.2, 0) is 16.4 Å². The molecule has 0 unspecified atom stereocenters. The Kier molecular flexibility index (Phi) is 5.30. The number of nitrogens with zero attached hydrogens (tertiary/aromatic N) is 1. The lowest BCUT2D eigenvalue weighted by molar-refractivity contribution is 0.102. The van der Waals surface area contributed by atoms with Gasteiger partial charge in [-0.2, -0.15) is 0 Å². The molecule has 0 saturated heterocycles. The first-order chi connectivity index (χ1) is 14.4. The smallest absolute Gasteiger partial charge is 0.264 e. The molecule has 154 valence electrons. The highest BCUT2D eigenvalue weighted by atomic mass is 32.2. The van der Waals surface area contributed by atoms with Crippen LogP contribution < -0.4 is 9.62 Å². The van der Waals surface area contributed by atoms with E-state index < -0.39 is 15.8 Å². The number of anilines is 2. The van der Waals surface area contributed by atoms with Crippen molar-refractivity contribution < 1.29 is 17.6 Å². The Balaban J connectivity index is 1.62. The molecule has 1 aliphatic heterocycles. The van der Waals surface area contributed by atoms with Gasteiger partial charge >= 0.3 is 0 Å². The molecule has 0 fully saturated rings. The van der Waals surface area contributed by atoms with Gasteiger partial charge < -0.3 is 5.32 Å². The third-order valence-corrected chi connectivity index (χ3v) is 7.03. The Morgan fingerprint density at radius 1 is 1.03 bits per heavy atom. The lowest BCUT2D eigenvalue weighted by Gasteiger charge is -2.31. The number of carbonyl (C=O) groups is 1. The van der Waals surface area contributed by atoms with Gasteiger partial charge in [0, 0.05) is 17.8 Å². The molecule has 0 aliphatic carbocycles. The molecule has 1 aliphatic rings. The summed E-state index contributed by atoms with van der Waals surface area (Å²) in [6.07, 6.45) is 1.36. The number of benzene rings is 3. The maximum Gasteiger partial charge on any atom is 0.264 e. The first-order valence-corrected chi connectivity index (χ1v) is 11.1. The summed E-state index contributed by atoms with van der Waals surface area (Å²) in [6, 6.07) is 17.4. The first kappa shape index (κ1) is 20.1. The third-order valence-electron chi connectivity index (χ3n) is 5.20. The van der Waals surface area contributed by atoms with E-state index in [4.69, 9.17) is 0 Å². The molecule has 1 heterocycles. The average Bonchev–Trinajstić information content (AvgIpc) is 2.73. The van der Waals surface area contributed by atoms with Crippen LogP contribution in [0.5, 0.6) is 0 Å². The van der Waals surface area contributed by atoms with Gasteiger partial charge in [-0.25, -0.2) is 12.8 Å². The standard InChI is InChI=1S/C23H21FN2O3S/c1-16-5-2-3-7-21(16)23(27)25-19-10-13-22-17(15-19)6-4-14-26(22)30(28,29)20-11-8-18(24)9-12-20/h2-3,5,7-13,15H,4,6,14H2,1H3,(H,25,27). The van der Waals surface area contributed by atoms with Crippen molar-refractivity contribution >= 4 is 27.3 Å². The van der Waals surface area contributed by atoms with Crippen molar-refractivity contribution in [3.05, 3.63) is 89.2 Å². The molecule has 0 aromatic heterocycles. The largest absolute Gasteiger partial charge is 0.322 e. The second-order valence-corrected chi connectivity index (χ2v) is 9.11. The minimum Gasteiger partial charge on any atom is -0.322 e. The van der Waals surface area contributed by atoms with Crippen LogP contribution in [-0.4, -0.2) is 20.9 Å². The number of hydrogen-bond acceptors (Lipinski definition) is 3. The Morgan fingerprint density at radius 2 is 1.77 bits per heavy atom. The molecule has 0 atom stereocenters. The van der Waals surface area contributed by atoms with E-state index in [-0.39, 0.29) is 10.8 Å². The van der Waals surface area contributed by atoms with E-state index in [2.05, 4.69) is 5.32 Å². The van der Waals surface area contributed by atoms with E-state index >= 15 is 0 Å². The minimum absolute atomic E-state index is 0.0497. The number of rotatable bonds is 4. The van der Waals surface area contributed by atoms with E-state index in [1.54, 1.807) is 18.2 Å². The van der Waals surface area contributed by atoms with Crippen LogP contribution >= 0.6 is 0 Å². The second kappa shape index (κ2) is 7.91. The zero-order chi connectivity index (χ0) is 21.3. The topological polar surface area (TPSA) is 66.5 Å². The highest BCUT2D eigenvalue weighted by Gasteiger charge is 2.29. The van der Waals surface area contributed by atoms with Gasteiger partial charge in [0.25, 0.3) is 15.9 Å². The molecular formula is C23H21FN2O3S. The van der Waals surface area contributed by atoms with E-state index in [1.807, 2.05) is 31.2 Å². The van der Waals surface area contributed by atoms with Crippen molar-refractivity contribution in [1.82, 2.24) is 0 Å². The highest BCUT2D eigenvalue weighted by molar-refractivity contribution is 7.92. The summed E-state index contributed by atoms with van der Waals surface area (Å²) < 4.78 is 40.7. The van der Waals surface area contributed by atoms with Crippen molar-refractivity contribution in [3.8, 4) is 0 Å². The fraction of sp³-hybridized carbons (Fsp3) is 0.174. The van der Waals surface area contributed by atoms with Gasteiger partial charge in [-0.3, -0.25) is 9.10 Å². The Labute approximate surface area is 175 Å². The van der Waals surface area contributed by atoms with E-state index in [0.717, 1.165) is 23.3 Å². The quantitative estimate of drug-likeness (QED) is 0.669. The van der Waals surface area contributed by atoms with Crippen molar-refractivity contribution in [2.24, 2.45) is 0 Å². The number of carbonyl (C=O) groups excluding carboxylic acids is 1. The molecule has 3 aromatic rings. The average molecular weight is 424 g/mol. The zero-order valence-electron chi connectivity index (χ0n) is 16.4. The van der Waals surface area contributed by atoms with Crippen LogP contribution in [0.3, 0.4) is 0 Å². The molecular weight excluding hydrogens is 403 g/mol. The monoisotopic (exact) mass is 424 g/mol. The maximum atomic E-state index is 13.2. The molecule has 1 amide bonds. The summed E-state index contributed by atoms with van der Waals surface area (Å²) in [7, 11) is -3.80. The fourth-order valence-electron chi connectivity index (χ4n) is 3.65. The molecule has 0 spiro atoms. The summed E-state index contributed by atoms with van der Waals surface area (Å²) >= 11 is 0. The van der Waals surface area contributed by atoms with Crippen LogP contribution in [0.4, 0.5) is 15.8 Å². The van der Waals surface area contributed by atoms with Gasteiger partial charge in [0.15, 0.2) is 0 Å². The predicted molar refractivity (Wildman–Crippen MR) is 115 cm³/mol. The summed E-state index contributed by atoms with van der Waals surface area (Å²) in [5.74, 6) is -0.693. The number of sulfonamides is 1. The van der Waals surface area contributed by atoms with Gasteiger partial charge in [0.05, 0.1) is 10.6 Å². The third kappa shape index (κ3) is 3.80.